The molecule has 134 valence electrons. The van der Waals surface area contributed by atoms with Gasteiger partial charge in [0.25, 0.3) is 5.91 Å². The largest absolute Gasteiger partial charge is 0.497 e. The highest BCUT2D eigenvalue weighted by molar-refractivity contribution is 6.10. The minimum Gasteiger partial charge on any atom is -0.497 e. The Balaban J connectivity index is 1.88. The van der Waals surface area contributed by atoms with E-state index in [2.05, 4.69) is 15.6 Å². The molecule has 7 heteroatoms. The normalized spacial score (nSPS) is 16.3. The zero-order chi connectivity index (χ0) is 18.5. The van der Waals surface area contributed by atoms with Gasteiger partial charge in [-0.15, -0.1) is 0 Å². The number of guanidine groups is 1. The van der Waals surface area contributed by atoms with Crippen LogP contribution in [0.3, 0.4) is 0 Å². The lowest BCUT2D eigenvalue weighted by molar-refractivity contribution is -0.120. The van der Waals surface area contributed by atoms with Crippen LogP contribution < -0.4 is 20.1 Å². The van der Waals surface area contributed by atoms with Gasteiger partial charge in [-0.25, -0.2) is 4.99 Å². The highest BCUT2D eigenvalue weighted by atomic mass is 16.5. The predicted molar refractivity (Wildman–Crippen MR) is 96.4 cm³/mol. The molecule has 26 heavy (non-hydrogen) atoms. The van der Waals surface area contributed by atoms with Crippen LogP contribution in [0.1, 0.15) is 28.4 Å². The maximum absolute atomic E-state index is 12.3. The number of hydrogen-bond donors (Lipinski definition) is 2. The van der Waals surface area contributed by atoms with Crippen molar-refractivity contribution in [1.82, 2.24) is 10.6 Å². The highest BCUT2D eigenvalue weighted by Gasteiger charge is 2.26. The van der Waals surface area contributed by atoms with E-state index in [0.717, 1.165) is 0 Å². The molecule has 1 atom stereocenters. The molecular weight excluding hydrogens is 334 g/mol. The number of ether oxygens (including phenoxy) is 2. The molecule has 0 saturated heterocycles. The molecule has 3 rings (SSSR count). The number of methoxy groups -OCH3 is 2. The Morgan fingerprint density at radius 3 is 2.62 bits per heavy atom. The van der Waals surface area contributed by atoms with E-state index in [1.165, 1.54) is 0 Å². The van der Waals surface area contributed by atoms with Crippen molar-refractivity contribution < 1.29 is 19.1 Å². The summed E-state index contributed by atoms with van der Waals surface area (Å²) < 4.78 is 10.6. The van der Waals surface area contributed by atoms with Gasteiger partial charge in [-0.05, 0) is 30.3 Å². The molecule has 0 unspecified atom stereocenters. The monoisotopic (exact) mass is 353 g/mol. The number of nitrogens with one attached hydrogen (secondary N) is 2. The zero-order valence-electron chi connectivity index (χ0n) is 14.5. The quantitative estimate of drug-likeness (QED) is 0.880. The predicted octanol–water partition coefficient (Wildman–Crippen LogP) is 2.05. The molecule has 1 aliphatic heterocycles. The maximum Gasteiger partial charge on any atom is 0.257 e. The second-order valence-electron chi connectivity index (χ2n) is 5.67. The number of carbonyl (C=O) groups excluding carboxylic acids is 2. The zero-order valence-corrected chi connectivity index (χ0v) is 14.5. The van der Waals surface area contributed by atoms with Gasteiger partial charge in [0.05, 0.1) is 26.7 Å². The third-order valence-electron chi connectivity index (χ3n) is 3.99. The SMILES string of the molecule is COc1ccc(OC)c([C@H]2CC(=O)NC(NC(=O)c3ccccc3)=N2)c1. The van der Waals surface area contributed by atoms with E-state index in [4.69, 9.17) is 9.47 Å². The molecule has 0 spiro atoms. The summed E-state index contributed by atoms with van der Waals surface area (Å²) in [7, 11) is 3.12. The summed E-state index contributed by atoms with van der Waals surface area (Å²) in [5.74, 6) is 0.769. The van der Waals surface area contributed by atoms with Crippen molar-refractivity contribution in [2.24, 2.45) is 4.99 Å². The Hall–Kier alpha value is -3.35. The highest BCUT2D eigenvalue weighted by Crippen LogP contribution is 2.34. The summed E-state index contributed by atoms with van der Waals surface area (Å²) in [6, 6.07) is 13.5. The number of benzene rings is 2. The number of nitrogens with zero attached hydrogens (tertiary/aromatic N) is 1. The van der Waals surface area contributed by atoms with Gasteiger partial charge in [0, 0.05) is 11.1 Å². The minimum absolute atomic E-state index is 0.116. The van der Waals surface area contributed by atoms with Crippen molar-refractivity contribution in [3.05, 3.63) is 59.7 Å². The number of hydrogen-bond acceptors (Lipinski definition) is 5. The Bertz CT molecular complexity index is 849. The van der Waals surface area contributed by atoms with Gasteiger partial charge in [-0.2, -0.15) is 0 Å². The Morgan fingerprint density at radius 2 is 1.92 bits per heavy atom. The minimum atomic E-state index is -0.486. The summed E-state index contributed by atoms with van der Waals surface area (Å²) in [6.45, 7) is 0. The topological polar surface area (TPSA) is 89.0 Å². The Labute approximate surface area is 151 Å². The summed E-state index contributed by atoms with van der Waals surface area (Å²) in [5.41, 5.74) is 1.19. The average molecular weight is 353 g/mol. The van der Waals surface area contributed by atoms with Crippen LogP contribution in [-0.2, 0) is 4.79 Å². The van der Waals surface area contributed by atoms with Crippen molar-refractivity contribution in [2.45, 2.75) is 12.5 Å². The lowest BCUT2D eigenvalue weighted by Crippen LogP contribution is -2.47. The fraction of sp³-hybridized carbons (Fsp3) is 0.211. The Morgan fingerprint density at radius 1 is 1.15 bits per heavy atom. The number of amides is 2. The molecule has 2 N–H and O–H groups in total. The molecule has 0 aromatic heterocycles. The van der Waals surface area contributed by atoms with Gasteiger partial charge in [0.2, 0.25) is 11.9 Å². The van der Waals surface area contributed by atoms with E-state index in [-0.39, 0.29) is 24.2 Å². The molecule has 0 bridgehead atoms. The van der Waals surface area contributed by atoms with Crippen LogP contribution in [0.25, 0.3) is 0 Å². The second kappa shape index (κ2) is 7.69. The number of rotatable bonds is 4. The first-order valence-electron chi connectivity index (χ1n) is 8.06. The van der Waals surface area contributed by atoms with Crippen molar-refractivity contribution in [1.29, 1.82) is 0 Å². The van der Waals surface area contributed by atoms with Gasteiger partial charge in [-0.1, -0.05) is 18.2 Å². The Kier molecular flexibility index (Phi) is 5.17. The van der Waals surface area contributed by atoms with Crippen LogP contribution >= 0.6 is 0 Å². The molecule has 1 aliphatic rings. The summed E-state index contributed by atoms with van der Waals surface area (Å²) in [6.07, 6.45) is 0.147. The van der Waals surface area contributed by atoms with Gasteiger partial charge >= 0.3 is 0 Å². The molecule has 1 heterocycles. The lowest BCUT2D eigenvalue weighted by Gasteiger charge is -2.23. The first kappa shape index (κ1) is 17.5. The third kappa shape index (κ3) is 3.83. The molecule has 2 aromatic carbocycles. The molecule has 7 nitrogen and oxygen atoms in total. The molecular formula is C19H19N3O4. The fourth-order valence-corrected chi connectivity index (χ4v) is 2.70. The van der Waals surface area contributed by atoms with Crippen LogP contribution in [0, 0.1) is 0 Å². The third-order valence-corrected chi connectivity index (χ3v) is 3.99. The summed E-state index contributed by atoms with van der Waals surface area (Å²) in [5, 5.41) is 5.23. The van der Waals surface area contributed by atoms with Crippen LogP contribution in [0.2, 0.25) is 0 Å². The molecule has 0 fully saturated rings. The van der Waals surface area contributed by atoms with Crippen LogP contribution in [-0.4, -0.2) is 32.0 Å². The van der Waals surface area contributed by atoms with E-state index >= 15 is 0 Å². The lowest BCUT2D eigenvalue weighted by atomic mass is 10.0. The van der Waals surface area contributed by atoms with E-state index in [0.29, 0.717) is 22.6 Å². The summed E-state index contributed by atoms with van der Waals surface area (Å²) >= 11 is 0. The van der Waals surface area contributed by atoms with Gasteiger partial charge < -0.3 is 9.47 Å². The first-order chi connectivity index (χ1) is 12.6. The summed E-state index contributed by atoms with van der Waals surface area (Å²) in [4.78, 5) is 28.9. The van der Waals surface area contributed by atoms with Gasteiger partial charge in [0.15, 0.2) is 0 Å². The van der Waals surface area contributed by atoms with Gasteiger partial charge in [-0.3, -0.25) is 20.2 Å². The molecule has 0 saturated carbocycles. The molecule has 2 amide bonds. The second-order valence-corrected chi connectivity index (χ2v) is 5.67. The van der Waals surface area contributed by atoms with E-state index < -0.39 is 6.04 Å². The number of carbonyl (C=O) groups is 2. The van der Waals surface area contributed by atoms with Gasteiger partial charge in [0.1, 0.15) is 11.5 Å². The number of aliphatic imine (C=N–C) groups is 1. The van der Waals surface area contributed by atoms with Crippen molar-refractivity contribution in [2.75, 3.05) is 14.2 Å². The molecule has 2 aromatic rings. The van der Waals surface area contributed by atoms with E-state index in [1.807, 2.05) is 6.07 Å². The van der Waals surface area contributed by atoms with E-state index in [1.54, 1.807) is 56.7 Å². The van der Waals surface area contributed by atoms with Crippen molar-refractivity contribution in [3.8, 4) is 11.5 Å². The van der Waals surface area contributed by atoms with E-state index in [9.17, 15) is 9.59 Å². The van der Waals surface area contributed by atoms with Crippen LogP contribution in [0.15, 0.2) is 53.5 Å². The average Bonchev–Trinajstić information content (AvgIpc) is 2.67. The van der Waals surface area contributed by atoms with Crippen LogP contribution in [0.5, 0.6) is 11.5 Å². The standard InChI is InChI=1S/C19H19N3O4/c1-25-13-8-9-16(26-2)14(10-13)15-11-17(23)21-19(20-15)22-18(24)12-6-4-3-5-7-12/h3-10,15H,11H2,1-2H3,(H2,20,21,22,23,24)/t15-/m1/s1. The smallest absolute Gasteiger partial charge is 0.257 e. The molecule has 0 aliphatic carbocycles. The van der Waals surface area contributed by atoms with Crippen LogP contribution in [0.4, 0.5) is 0 Å². The maximum atomic E-state index is 12.3. The van der Waals surface area contributed by atoms with Crippen molar-refractivity contribution in [3.63, 3.8) is 0 Å². The first-order valence-corrected chi connectivity index (χ1v) is 8.06. The fourth-order valence-electron chi connectivity index (χ4n) is 2.70. The molecule has 0 radical (unpaired) electrons. The van der Waals surface area contributed by atoms with Crippen molar-refractivity contribution >= 4 is 17.8 Å².